The van der Waals surface area contributed by atoms with Crippen molar-refractivity contribution in [3.05, 3.63) is 188 Å². The first-order valence-electron chi connectivity index (χ1n) is 22.5. The van der Waals surface area contributed by atoms with Crippen molar-refractivity contribution in [2.75, 3.05) is 4.90 Å². The van der Waals surface area contributed by atoms with Crippen LogP contribution in [0.25, 0.3) is 76.5 Å². The molecule has 0 saturated carbocycles. The monoisotopic (exact) mass is 650 g/mol. The Morgan fingerprint density at radius 3 is 1.78 bits per heavy atom. The third kappa shape index (κ3) is 4.73. The van der Waals surface area contributed by atoms with Crippen LogP contribution in [0.2, 0.25) is 0 Å². The number of hydrogen-bond acceptors (Lipinski definition) is 2. The average Bonchev–Trinajstić information content (AvgIpc) is 3.69. The molecule has 1 heterocycles. The third-order valence-electron chi connectivity index (χ3n) is 9.03. The van der Waals surface area contributed by atoms with E-state index < -0.39 is 78.6 Å². The maximum absolute atomic E-state index is 9.60. The molecule has 0 aliphatic heterocycles. The van der Waals surface area contributed by atoms with Crippen LogP contribution in [0.5, 0.6) is 0 Å². The zero-order chi connectivity index (χ0) is 44.3. The van der Waals surface area contributed by atoms with E-state index in [1.165, 1.54) is 4.90 Å². The number of benzene rings is 9. The molecule has 2 nitrogen and oxygen atoms in total. The number of anilines is 3. The van der Waals surface area contributed by atoms with E-state index in [0.717, 1.165) is 32.7 Å². The van der Waals surface area contributed by atoms with Crippen LogP contribution in [0, 0.1) is 0 Å². The second-order valence-corrected chi connectivity index (χ2v) is 12.0. The fraction of sp³-hybridized carbons (Fsp3) is 0. The Hall–Kier alpha value is -6.64. The van der Waals surface area contributed by atoms with Gasteiger partial charge in [0.1, 0.15) is 11.2 Å². The van der Waals surface area contributed by atoms with Crippen molar-refractivity contribution in [1.29, 1.82) is 0 Å². The maximum atomic E-state index is 9.60. The van der Waals surface area contributed by atoms with Gasteiger partial charge in [0, 0.05) is 22.1 Å². The molecule has 10 rings (SSSR count). The van der Waals surface area contributed by atoms with E-state index in [4.69, 9.17) is 14.0 Å². The molecule has 1 aromatic heterocycles. The van der Waals surface area contributed by atoms with Crippen LogP contribution in [0.1, 0.15) is 17.8 Å². The minimum atomic E-state index is -0.638. The molecule has 234 valence electrons. The Bertz CT molecular complexity index is 3590. The fourth-order valence-corrected chi connectivity index (χ4v) is 6.57. The van der Waals surface area contributed by atoms with E-state index in [1.807, 2.05) is 72.8 Å². The third-order valence-corrected chi connectivity index (χ3v) is 9.03. The molecule has 0 fully saturated rings. The highest BCUT2D eigenvalue weighted by Gasteiger charge is 2.20. The van der Waals surface area contributed by atoms with Crippen molar-refractivity contribution < 1.29 is 22.2 Å². The SMILES string of the molecule is [2H]c1c([2H])c(N(c2ccc(-c3ccc4ccccc4c3)cc2)c2c([2H])c([2H])c([2H])c3oc4c5c([2H])c([2H])c([2H])c([2H])c5c([2H])c([2H])c4c23)c([2H])c([2H])c1-c1ccc2ccccc2c1. The summed E-state index contributed by atoms with van der Waals surface area (Å²) in [7, 11) is 0. The lowest BCUT2D eigenvalue weighted by Gasteiger charge is -2.26. The molecule has 0 saturated heterocycles. The highest BCUT2D eigenvalue weighted by Crippen LogP contribution is 2.45. The molecule has 0 spiro atoms. The molecule has 0 aliphatic rings. The van der Waals surface area contributed by atoms with E-state index in [2.05, 4.69) is 0 Å². The molecular weight excluding hydrogens is 607 g/mol. The summed E-state index contributed by atoms with van der Waals surface area (Å²) in [6.45, 7) is 0. The number of nitrogens with zero attached hydrogens (tertiary/aromatic N) is 1. The van der Waals surface area contributed by atoms with Crippen molar-refractivity contribution in [2.45, 2.75) is 0 Å². The molecule has 0 bridgehead atoms. The number of fused-ring (bicyclic) bond motifs is 7. The first kappa shape index (κ1) is 18.2. The summed E-state index contributed by atoms with van der Waals surface area (Å²) in [5, 5.41) is 2.95. The summed E-state index contributed by atoms with van der Waals surface area (Å²) in [6.07, 6.45) is 0. The Morgan fingerprint density at radius 1 is 0.420 bits per heavy atom. The minimum absolute atomic E-state index is 0.0340. The zero-order valence-electron chi connectivity index (χ0n) is 39.2. The van der Waals surface area contributed by atoms with Crippen LogP contribution in [-0.4, -0.2) is 0 Å². The summed E-state index contributed by atoms with van der Waals surface area (Å²) in [4.78, 5) is 1.29. The van der Waals surface area contributed by atoms with Crippen LogP contribution in [0.4, 0.5) is 17.1 Å². The molecule has 0 N–H and O–H groups in total. The van der Waals surface area contributed by atoms with E-state index in [-0.39, 0.29) is 55.3 Å². The normalized spacial score (nSPS) is 15.2. The Kier molecular flexibility index (Phi) is 4.19. The van der Waals surface area contributed by atoms with Crippen molar-refractivity contribution in [2.24, 2.45) is 0 Å². The van der Waals surface area contributed by atoms with Crippen LogP contribution >= 0.6 is 0 Å². The molecular formula is C48H31NO. The predicted octanol–water partition coefficient (Wildman–Crippen LogP) is 13.8. The van der Waals surface area contributed by atoms with E-state index in [0.29, 0.717) is 5.56 Å². The van der Waals surface area contributed by atoms with Gasteiger partial charge in [0.05, 0.1) is 28.9 Å². The smallest absolute Gasteiger partial charge is 0.143 e. The van der Waals surface area contributed by atoms with Crippen LogP contribution in [-0.2, 0) is 0 Å². The topological polar surface area (TPSA) is 16.4 Å². The van der Waals surface area contributed by atoms with Gasteiger partial charge < -0.3 is 9.32 Å². The summed E-state index contributed by atoms with van der Waals surface area (Å²) in [6, 6.07) is 26.7. The summed E-state index contributed by atoms with van der Waals surface area (Å²) < 4.78 is 124. The van der Waals surface area contributed by atoms with Crippen LogP contribution in [0.3, 0.4) is 0 Å². The molecule has 9 aromatic carbocycles. The fourth-order valence-electron chi connectivity index (χ4n) is 6.57. The van der Waals surface area contributed by atoms with Gasteiger partial charge >= 0.3 is 0 Å². The molecule has 2 heteroatoms. The largest absolute Gasteiger partial charge is 0.455 e. The van der Waals surface area contributed by atoms with E-state index >= 15 is 0 Å². The second-order valence-electron chi connectivity index (χ2n) is 12.0. The van der Waals surface area contributed by atoms with Gasteiger partial charge in [-0.05, 0) is 104 Å². The van der Waals surface area contributed by atoms with Crippen molar-refractivity contribution in [1.82, 2.24) is 0 Å². The summed E-state index contributed by atoms with van der Waals surface area (Å²) in [5.41, 5.74) is 1.19. The summed E-state index contributed by atoms with van der Waals surface area (Å²) >= 11 is 0. The van der Waals surface area contributed by atoms with Crippen LogP contribution < -0.4 is 4.90 Å². The Morgan fingerprint density at radius 2 is 1.06 bits per heavy atom. The first-order valence-corrected chi connectivity index (χ1v) is 16.0. The number of rotatable bonds is 5. The molecule has 50 heavy (non-hydrogen) atoms. The molecule has 0 atom stereocenters. The van der Waals surface area contributed by atoms with E-state index in [1.54, 1.807) is 36.4 Å². The highest BCUT2D eigenvalue weighted by molar-refractivity contribution is 6.19. The Balaban J connectivity index is 1.31. The molecule has 10 aromatic rings. The van der Waals surface area contributed by atoms with Gasteiger partial charge in [0.15, 0.2) is 0 Å². The molecule has 0 amide bonds. The number of furan rings is 1. The lowest BCUT2D eigenvalue weighted by Crippen LogP contribution is -2.10. The van der Waals surface area contributed by atoms with Gasteiger partial charge in [-0.1, -0.05) is 133 Å². The lowest BCUT2D eigenvalue weighted by atomic mass is 9.99. The van der Waals surface area contributed by atoms with Gasteiger partial charge in [-0.3, -0.25) is 0 Å². The molecule has 0 radical (unpaired) electrons. The van der Waals surface area contributed by atoms with Gasteiger partial charge in [-0.15, -0.1) is 0 Å². The first-order chi connectivity index (χ1) is 30.2. The highest BCUT2D eigenvalue weighted by atomic mass is 16.3. The number of hydrogen-bond donors (Lipinski definition) is 0. The van der Waals surface area contributed by atoms with Crippen molar-refractivity contribution in [3.63, 3.8) is 0 Å². The zero-order valence-corrected chi connectivity index (χ0v) is 26.2. The standard InChI is InChI=1S/C48H31NO/c1-3-11-37-30-39(18-16-32(37)8-1)34-20-25-41(26-21-34)49(42-27-22-35(23-28-42)40-19-17-33-9-2-4-12-38(33)31-40)45-14-7-15-46-47(45)44-29-24-36-10-5-6-13-43(36)48(44)50-46/h1-31H/i5D,6D,7D,10D,13D,14D,15D,20D,21D,24D,25D,26D,29D. The van der Waals surface area contributed by atoms with Crippen molar-refractivity contribution >= 4 is 71.3 Å². The summed E-state index contributed by atoms with van der Waals surface area (Å²) in [5.74, 6) is 0. The van der Waals surface area contributed by atoms with Gasteiger partial charge in [0.25, 0.3) is 0 Å². The maximum Gasteiger partial charge on any atom is 0.143 e. The van der Waals surface area contributed by atoms with Crippen molar-refractivity contribution in [3.8, 4) is 22.3 Å². The van der Waals surface area contributed by atoms with Gasteiger partial charge in [-0.2, -0.15) is 0 Å². The molecule has 0 unspecified atom stereocenters. The minimum Gasteiger partial charge on any atom is -0.455 e. The second kappa shape index (κ2) is 11.5. The Labute approximate surface area is 308 Å². The average molecular weight is 651 g/mol. The predicted molar refractivity (Wildman–Crippen MR) is 212 cm³/mol. The quantitative estimate of drug-likeness (QED) is 0.184. The van der Waals surface area contributed by atoms with Crippen LogP contribution in [0.15, 0.2) is 192 Å². The van der Waals surface area contributed by atoms with E-state index in [9.17, 15) is 8.22 Å². The van der Waals surface area contributed by atoms with Gasteiger partial charge in [-0.25, -0.2) is 0 Å². The molecule has 0 aliphatic carbocycles. The lowest BCUT2D eigenvalue weighted by molar-refractivity contribution is 0.672. The van der Waals surface area contributed by atoms with Gasteiger partial charge in [0.2, 0.25) is 0 Å².